The summed E-state index contributed by atoms with van der Waals surface area (Å²) in [5.41, 5.74) is 0. The predicted octanol–water partition coefficient (Wildman–Crippen LogP) is 1.50. The van der Waals surface area contributed by atoms with Crippen LogP contribution in [0.15, 0.2) is 17.4 Å². The monoisotopic (exact) mass is 126 g/mol. The van der Waals surface area contributed by atoms with E-state index in [-0.39, 0.29) is 0 Å². The normalized spacial score (nSPS) is 10.0. The van der Waals surface area contributed by atoms with Crippen molar-refractivity contribution < 1.29 is 0 Å². The van der Waals surface area contributed by atoms with Crippen LogP contribution >= 0.6 is 0 Å². The Balaban J connectivity index is 3.35. The maximum Gasteiger partial charge on any atom is 0.0419 e. The molecule has 0 aromatic carbocycles. The largest absolute Gasteiger partial charge is 0.379 e. The maximum absolute atomic E-state index is 3.59. The van der Waals surface area contributed by atoms with Gasteiger partial charge in [-0.1, -0.05) is 6.92 Å². The Hall–Kier alpha value is -0.790. The molecule has 0 aliphatic carbocycles. The molecule has 0 fully saturated rings. The second-order valence-electron chi connectivity index (χ2n) is 1.96. The first-order valence-corrected chi connectivity index (χ1v) is 3.14. The quantitative estimate of drug-likeness (QED) is 0.521. The standard InChI is InChI=1S/C7H14N2/c1-4-6-9(3)7-5-8-2/h5,7H,2,4,6H2,1,3H3/b7-5-. The third kappa shape index (κ3) is 5.07. The molecule has 0 spiro atoms. The van der Waals surface area contributed by atoms with E-state index >= 15 is 0 Å². The van der Waals surface area contributed by atoms with Crippen LogP contribution in [0.3, 0.4) is 0 Å². The van der Waals surface area contributed by atoms with Crippen molar-refractivity contribution in [3.63, 3.8) is 0 Å². The Morgan fingerprint density at radius 3 is 2.78 bits per heavy atom. The average molecular weight is 126 g/mol. The average Bonchev–Trinajstić information content (AvgIpc) is 1.85. The minimum Gasteiger partial charge on any atom is -0.379 e. The summed E-state index contributed by atoms with van der Waals surface area (Å²) < 4.78 is 0. The van der Waals surface area contributed by atoms with E-state index in [9.17, 15) is 0 Å². The van der Waals surface area contributed by atoms with Gasteiger partial charge in [0.1, 0.15) is 0 Å². The van der Waals surface area contributed by atoms with Crippen LogP contribution in [0.5, 0.6) is 0 Å². The molecule has 52 valence electrons. The first kappa shape index (κ1) is 8.21. The van der Waals surface area contributed by atoms with Crippen molar-refractivity contribution in [3.8, 4) is 0 Å². The maximum atomic E-state index is 3.59. The molecular formula is C7H14N2. The minimum absolute atomic E-state index is 1.08. The summed E-state index contributed by atoms with van der Waals surface area (Å²) in [6.07, 6.45) is 4.77. The highest BCUT2D eigenvalue weighted by Gasteiger charge is 1.83. The second-order valence-corrected chi connectivity index (χ2v) is 1.96. The summed E-state index contributed by atoms with van der Waals surface area (Å²) in [5, 5.41) is 0. The molecule has 0 N–H and O–H groups in total. The highest BCUT2D eigenvalue weighted by Crippen LogP contribution is 1.86. The van der Waals surface area contributed by atoms with Gasteiger partial charge in [-0.25, -0.2) is 0 Å². The molecule has 0 radical (unpaired) electrons. The molecule has 0 unspecified atom stereocenters. The molecule has 0 saturated carbocycles. The lowest BCUT2D eigenvalue weighted by atomic mass is 10.4. The third-order valence-corrected chi connectivity index (χ3v) is 1.00. The number of hydrogen-bond donors (Lipinski definition) is 0. The van der Waals surface area contributed by atoms with Crippen molar-refractivity contribution in [2.45, 2.75) is 13.3 Å². The zero-order valence-corrected chi connectivity index (χ0v) is 6.17. The van der Waals surface area contributed by atoms with E-state index in [0.29, 0.717) is 0 Å². The summed E-state index contributed by atoms with van der Waals surface area (Å²) in [6, 6.07) is 0. The molecule has 9 heavy (non-hydrogen) atoms. The van der Waals surface area contributed by atoms with Gasteiger partial charge in [-0.3, -0.25) is 4.99 Å². The van der Waals surface area contributed by atoms with Gasteiger partial charge in [-0.2, -0.15) is 0 Å². The minimum atomic E-state index is 1.08. The van der Waals surface area contributed by atoms with Crippen LogP contribution in [0, 0.1) is 0 Å². The lowest BCUT2D eigenvalue weighted by Gasteiger charge is -2.09. The second kappa shape index (κ2) is 5.35. The van der Waals surface area contributed by atoms with Gasteiger partial charge in [-0.15, -0.1) is 0 Å². The molecule has 0 saturated heterocycles. The Labute approximate surface area is 56.9 Å². The fourth-order valence-corrected chi connectivity index (χ4v) is 0.588. The van der Waals surface area contributed by atoms with E-state index in [1.807, 2.05) is 13.2 Å². The zero-order valence-electron chi connectivity index (χ0n) is 6.17. The van der Waals surface area contributed by atoms with Gasteiger partial charge < -0.3 is 4.90 Å². The van der Waals surface area contributed by atoms with Crippen LogP contribution in [0.1, 0.15) is 13.3 Å². The van der Waals surface area contributed by atoms with Crippen LogP contribution in [-0.4, -0.2) is 25.2 Å². The smallest absolute Gasteiger partial charge is 0.0419 e. The van der Waals surface area contributed by atoms with Crippen LogP contribution in [-0.2, 0) is 0 Å². The van der Waals surface area contributed by atoms with Crippen LogP contribution in [0.2, 0.25) is 0 Å². The lowest BCUT2D eigenvalue weighted by molar-refractivity contribution is 0.454. The van der Waals surface area contributed by atoms with Gasteiger partial charge in [0.2, 0.25) is 0 Å². The SMILES string of the molecule is C=N/C=C\N(C)CCC. The highest BCUT2D eigenvalue weighted by atomic mass is 15.1. The molecular weight excluding hydrogens is 112 g/mol. The summed E-state index contributed by atoms with van der Waals surface area (Å²) in [5.74, 6) is 0. The molecule has 2 heteroatoms. The van der Waals surface area contributed by atoms with Gasteiger partial charge in [0.15, 0.2) is 0 Å². The van der Waals surface area contributed by atoms with Gasteiger partial charge in [0.25, 0.3) is 0 Å². The molecule has 0 aromatic heterocycles. The fourth-order valence-electron chi connectivity index (χ4n) is 0.588. The van der Waals surface area contributed by atoms with Crippen LogP contribution in [0.25, 0.3) is 0 Å². The third-order valence-electron chi connectivity index (χ3n) is 1.00. The number of aliphatic imine (C=N–C) groups is 1. The van der Waals surface area contributed by atoms with Crippen molar-refractivity contribution >= 4 is 6.72 Å². The molecule has 0 heterocycles. The van der Waals surface area contributed by atoms with E-state index in [4.69, 9.17) is 0 Å². The molecule has 0 aliphatic heterocycles. The van der Waals surface area contributed by atoms with Crippen molar-refractivity contribution in [1.29, 1.82) is 0 Å². The summed E-state index contributed by atoms with van der Waals surface area (Å²) in [7, 11) is 2.02. The number of nitrogens with zero attached hydrogens (tertiary/aromatic N) is 2. The van der Waals surface area contributed by atoms with E-state index in [1.54, 1.807) is 6.20 Å². The van der Waals surface area contributed by atoms with Gasteiger partial charge in [0, 0.05) is 26.0 Å². The number of rotatable bonds is 4. The first-order valence-electron chi connectivity index (χ1n) is 3.14. The van der Waals surface area contributed by atoms with Gasteiger partial charge in [0.05, 0.1) is 0 Å². The van der Waals surface area contributed by atoms with Crippen molar-refractivity contribution in [3.05, 3.63) is 12.4 Å². The highest BCUT2D eigenvalue weighted by molar-refractivity contribution is 5.25. The molecule has 0 amide bonds. The van der Waals surface area contributed by atoms with E-state index in [0.717, 1.165) is 13.0 Å². The van der Waals surface area contributed by atoms with Crippen molar-refractivity contribution in [2.75, 3.05) is 13.6 Å². The molecule has 0 bridgehead atoms. The Morgan fingerprint density at radius 1 is 1.67 bits per heavy atom. The van der Waals surface area contributed by atoms with Gasteiger partial charge in [-0.05, 0) is 13.1 Å². The molecule has 2 nitrogen and oxygen atoms in total. The summed E-state index contributed by atoms with van der Waals surface area (Å²) in [4.78, 5) is 5.66. The first-order chi connectivity index (χ1) is 4.31. The summed E-state index contributed by atoms with van der Waals surface area (Å²) >= 11 is 0. The lowest BCUT2D eigenvalue weighted by Crippen LogP contribution is -2.10. The van der Waals surface area contributed by atoms with Crippen molar-refractivity contribution in [1.82, 2.24) is 4.90 Å². The topological polar surface area (TPSA) is 15.6 Å². The molecule has 0 rings (SSSR count). The predicted molar refractivity (Wildman–Crippen MR) is 41.6 cm³/mol. The van der Waals surface area contributed by atoms with Gasteiger partial charge >= 0.3 is 0 Å². The summed E-state index contributed by atoms with van der Waals surface area (Å²) in [6.45, 7) is 6.55. The molecule has 0 atom stereocenters. The number of hydrogen-bond acceptors (Lipinski definition) is 2. The van der Waals surface area contributed by atoms with E-state index in [1.165, 1.54) is 0 Å². The van der Waals surface area contributed by atoms with Crippen LogP contribution in [0.4, 0.5) is 0 Å². The Kier molecular flexibility index (Phi) is 4.88. The Morgan fingerprint density at radius 2 is 2.33 bits per heavy atom. The van der Waals surface area contributed by atoms with E-state index in [2.05, 4.69) is 23.5 Å². The zero-order chi connectivity index (χ0) is 7.11. The molecule has 0 aliphatic rings. The van der Waals surface area contributed by atoms with Crippen LogP contribution < -0.4 is 0 Å². The Bertz CT molecular complexity index is 97.1. The fraction of sp³-hybridized carbons (Fsp3) is 0.571. The van der Waals surface area contributed by atoms with E-state index < -0.39 is 0 Å². The molecule has 0 aromatic rings. The van der Waals surface area contributed by atoms with Crippen molar-refractivity contribution in [2.24, 2.45) is 4.99 Å².